The molecule has 112 valence electrons. The van der Waals surface area contributed by atoms with Crippen molar-refractivity contribution in [2.45, 2.75) is 22.5 Å². The zero-order valence-electron chi connectivity index (χ0n) is 11.5. The highest BCUT2D eigenvalue weighted by molar-refractivity contribution is 7.98. The van der Waals surface area contributed by atoms with E-state index in [0.29, 0.717) is 17.1 Å². The first kappa shape index (κ1) is 15.7. The molecule has 0 fully saturated rings. The molecule has 1 aromatic heterocycles. The van der Waals surface area contributed by atoms with Crippen molar-refractivity contribution in [3.8, 4) is 0 Å². The van der Waals surface area contributed by atoms with E-state index in [1.807, 2.05) is 0 Å². The van der Waals surface area contributed by atoms with Gasteiger partial charge in [-0.1, -0.05) is 0 Å². The van der Waals surface area contributed by atoms with Crippen molar-refractivity contribution >= 4 is 27.6 Å². The number of aromatic carboxylic acids is 1. The second-order valence-corrected chi connectivity index (χ2v) is 7.63. The van der Waals surface area contributed by atoms with E-state index >= 15 is 0 Å². The molecule has 0 unspecified atom stereocenters. The molecule has 0 bridgehead atoms. The molecule has 0 aliphatic carbocycles. The maximum Gasteiger partial charge on any atom is 0.372 e. The van der Waals surface area contributed by atoms with Crippen LogP contribution in [0.1, 0.15) is 21.9 Å². The number of carboxylic acids is 1. The van der Waals surface area contributed by atoms with Crippen molar-refractivity contribution in [1.29, 1.82) is 0 Å². The van der Waals surface area contributed by atoms with E-state index in [4.69, 9.17) is 9.52 Å². The van der Waals surface area contributed by atoms with Crippen LogP contribution in [0.25, 0.3) is 0 Å². The average molecular weight is 326 g/mol. The van der Waals surface area contributed by atoms with Crippen LogP contribution in [-0.4, -0.2) is 25.7 Å². The highest BCUT2D eigenvalue weighted by atomic mass is 32.2. The van der Waals surface area contributed by atoms with Gasteiger partial charge in [0.25, 0.3) is 0 Å². The lowest BCUT2D eigenvalue weighted by molar-refractivity contribution is 0.0659. The van der Waals surface area contributed by atoms with Crippen molar-refractivity contribution in [2.75, 3.05) is 6.26 Å². The van der Waals surface area contributed by atoms with Gasteiger partial charge in [0.1, 0.15) is 5.76 Å². The lowest BCUT2D eigenvalue weighted by atomic mass is 10.3. The van der Waals surface area contributed by atoms with Crippen LogP contribution in [0.15, 0.2) is 44.5 Å². The summed E-state index contributed by atoms with van der Waals surface area (Å²) in [7, 11) is -3.19. The second kappa shape index (κ2) is 5.95. The summed E-state index contributed by atoms with van der Waals surface area (Å²) in [4.78, 5) is 12.0. The first-order chi connectivity index (χ1) is 9.77. The van der Waals surface area contributed by atoms with Crippen LogP contribution in [0.5, 0.6) is 0 Å². The van der Waals surface area contributed by atoms with Crippen molar-refractivity contribution in [1.82, 2.24) is 0 Å². The monoisotopic (exact) mass is 326 g/mol. The number of hydrogen-bond acceptors (Lipinski definition) is 5. The smallest absolute Gasteiger partial charge is 0.372 e. The third kappa shape index (κ3) is 3.89. The van der Waals surface area contributed by atoms with Crippen LogP contribution in [-0.2, 0) is 15.6 Å². The van der Waals surface area contributed by atoms with E-state index in [0.717, 1.165) is 11.2 Å². The van der Waals surface area contributed by atoms with Gasteiger partial charge in [0.15, 0.2) is 9.84 Å². The molecule has 21 heavy (non-hydrogen) atoms. The number of furan rings is 1. The van der Waals surface area contributed by atoms with Gasteiger partial charge in [-0.15, -0.1) is 11.8 Å². The van der Waals surface area contributed by atoms with Crippen LogP contribution < -0.4 is 0 Å². The Kier molecular flexibility index (Phi) is 4.43. The minimum atomic E-state index is -3.19. The Hall–Kier alpha value is -1.73. The molecule has 5 nitrogen and oxygen atoms in total. The van der Waals surface area contributed by atoms with Crippen LogP contribution in [0, 0.1) is 6.92 Å². The standard InChI is InChI=1S/C14H14O5S2/c1-9-7-10(19-13(9)14(15)16)8-20-11-3-5-12(6-4-11)21(2,17)18/h3-7H,8H2,1-2H3,(H,15,16). The number of aryl methyl sites for hydroxylation is 1. The van der Waals surface area contributed by atoms with Gasteiger partial charge in [-0.2, -0.15) is 0 Å². The van der Waals surface area contributed by atoms with E-state index in [2.05, 4.69) is 0 Å². The van der Waals surface area contributed by atoms with Gasteiger partial charge in [0.05, 0.1) is 10.6 Å². The summed E-state index contributed by atoms with van der Waals surface area (Å²) in [5, 5.41) is 8.91. The summed E-state index contributed by atoms with van der Waals surface area (Å²) in [6.07, 6.45) is 1.16. The number of benzene rings is 1. The van der Waals surface area contributed by atoms with Crippen molar-refractivity contribution < 1.29 is 22.7 Å². The molecular weight excluding hydrogens is 312 g/mol. The summed E-state index contributed by atoms with van der Waals surface area (Å²) < 4.78 is 28.0. The molecule has 0 radical (unpaired) electrons. The normalized spacial score (nSPS) is 11.5. The number of thioether (sulfide) groups is 1. The Morgan fingerprint density at radius 3 is 2.38 bits per heavy atom. The first-order valence-electron chi connectivity index (χ1n) is 6.03. The third-order valence-corrected chi connectivity index (χ3v) is 4.96. The Labute approximate surface area is 126 Å². The quantitative estimate of drug-likeness (QED) is 0.850. The van der Waals surface area contributed by atoms with Gasteiger partial charge >= 0.3 is 5.97 Å². The van der Waals surface area contributed by atoms with E-state index in [1.165, 1.54) is 11.8 Å². The number of carboxylic acid groups (broad SMARTS) is 1. The molecule has 0 saturated carbocycles. The summed E-state index contributed by atoms with van der Waals surface area (Å²) in [6, 6.07) is 8.23. The van der Waals surface area contributed by atoms with Crippen LogP contribution >= 0.6 is 11.8 Å². The van der Waals surface area contributed by atoms with Crippen molar-refractivity contribution in [2.24, 2.45) is 0 Å². The molecule has 0 saturated heterocycles. The minimum absolute atomic E-state index is 0.0435. The van der Waals surface area contributed by atoms with Crippen molar-refractivity contribution in [3.63, 3.8) is 0 Å². The van der Waals surface area contributed by atoms with Gasteiger partial charge in [-0.05, 0) is 37.3 Å². The van der Waals surface area contributed by atoms with Gasteiger partial charge in [-0.3, -0.25) is 0 Å². The van der Waals surface area contributed by atoms with Gasteiger partial charge in [0.2, 0.25) is 5.76 Å². The third-order valence-electron chi connectivity index (χ3n) is 2.80. The molecule has 0 amide bonds. The maximum absolute atomic E-state index is 11.4. The zero-order chi connectivity index (χ0) is 15.6. The highest BCUT2D eigenvalue weighted by Crippen LogP contribution is 2.26. The Morgan fingerprint density at radius 1 is 1.29 bits per heavy atom. The Balaban J connectivity index is 2.06. The fourth-order valence-electron chi connectivity index (χ4n) is 1.77. The fourth-order valence-corrected chi connectivity index (χ4v) is 3.18. The molecule has 7 heteroatoms. The fraction of sp³-hybridized carbons (Fsp3) is 0.214. The first-order valence-corrected chi connectivity index (χ1v) is 8.90. The lowest BCUT2D eigenvalue weighted by Gasteiger charge is -2.01. The summed E-state index contributed by atoms with van der Waals surface area (Å²) in [6.45, 7) is 1.68. The summed E-state index contributed by atoms with van der Waals surface area (Å²) >= 11 is 1.45. The van der Waals surface area contributed by atoms with Crippen molar-refractivity contribution in [3.05, 3.63) is 47.4 Å². The maximum atomic E-state index is 11.4. The Bertz CT molecular complexity index is 757. The van der Waals surface area contributed by atoms with E-state index in [1.54, 1.807) is 37.3 Å². The number of hydrogen-bond donors (Lipinski definition) is 1. The molecule has 2 aromatic rings. The molecule has 2 rings (SSSR count). The topological polar surface area (TPSA) is 84.6 Å². The van der Waals surface area contributed by atoms with E-state index in [-0.39, 0.29) is 10.7 Å². The van der Waals surface area contributed by atoms with Gasteiger partial charge < -0.3 is 9.52 Å². The van der Waals surface area contributed by atoms with Crippen LogP contribution in [0.4, 0.5) is 0 Å². The highest BCUT2D eigenvalue weighted by Gasteiger charge is 2.14. The second-order valence-electron chi connectivity index (χ2n) is 4.56. The zero-order valence-corrected chi connectivity index (χ0v) is 13.1. The Morgan fingerprint density at radius 2 is 1.90 bits per heavy atom. The predicted molar refractivity (Wildman–Crippen MR) is 79.5 cm³/mol. The summed E-state index contributed by atoms with van der Waals surface area (Å²) in [5.41, 5.74) is 0.588. The number of rotatable bonds is 5. The van der Waals surface area contributed by atoms with Crippen LogP contribution in [0.2, 0.25) is 0 Å². The molecule has 1 heterocycles. The van der Waals surface area contributed by atoms with E-state index in [9.17, 15) is 13.2 Å². The molecule has 1 N–H and O–H groups in total. The number of sulfone groups is 1. The summed E-state index contributed by atoms with van der Waals surface area (Å²) in [5.74, 6) is -0.0758. The molecular formula is C14H14O5S2. The molecule has 0 spiro atoms. The lowest BCUT2D eigenvalue weighted by Crippen LogP contribution is -1.96. The molecule has 0 aliphatic heterocycles. The minimum Gasteiger partial charge on any atom is -0.475 e. The number of carbonyl (C=O) groups is 1. The molecule has 1 aromatic carbocycles. The SMILES string of the molecule is Cc1cc(CSc2ccc(S(C)(=O)=O)cc2)oc1C(=O)O. The van der Waals surface area contributed by atoms with Crippen LogP contribution in [0.3, 0.4) is 0 Å². The average Bonchev–Trinajstić information content (AvgIpc) is 2.77. The van der Waals surface area contributed by atoms with Gasteiger partial charge in [0, 0.05) is 16.7 Å². The molecule has 0 aliphatic rings. The predicted octanol–water partition coefficient (Wildman–Crippen LogP) is 2.98. The van der Waals surface area contributed by atoms with Gasteiger partial charge in [-0.25, -0.2) is 13.2 Å². The largest absolute Gasteiger partial charge is 0.475 e. The van der Waals surface area contributed by atoms with E-state index < -0.39 is 15.8 Å². The molecule has 0 atom stereocenters.